The molecule has 0 aromatic heterocycles. The van der Waals surface area contributed by atoms with Crippen LogP contribution in [0.25, 0.3) is 0 Å². The highest BCUT2D eigenvalue weighted by Gasteiger charge is 2.45. The fraction of sp³-hybridized carbons (Fsp3) is 1.00. The SMILES string of the molecule is CO[C@H]1O[C@H](CS(=O)(=O)CCC(C)(C)N)[C@@H](O)[C@H](O)[C@H]1O. The molecule has 0 aromatic carbocycles. The maximum Gasteiger partial charge on any atom is 0.186 e. The van der Waals surface area contributed by atoms with Crippen molar-refractivity contribution >= 4 is 9.84 Å². The van der Waals surface area contributed by atoms with Gasteiger partial charge >= 0.3 is 0 Å². The molecule has 126 valence electrons. The van der Waals surface area contributed by atoms with Crippen molar-refractivity contribution in [3.05, 3.63) is 0 Å². The van der Waals surface area contributed by atoms with Gasteiger partial charge in [0.15, 0.2) is 16.1 Å². The number of ether oxygens (including phenoxy) is 2. The van der Waals surface area contributed by atoms with Gasteiger partial charge in [-0.05, 0) is 20.3 Å². The second-order valence-corrected chi connectivity index (χ2v) is 8.33. The molecular formula is C12H25NO7S. The molecule has 1 fully saturated rings. The Morgan fingerprint density at radius 1 is 1.19 bits per heavy atom. The Labute approximate surface area is 124 Å². The fourth-order valence-corrected chi connectivity index (χ4v) is 3.78. The van der Waals surface area contributed by atoms with Crippen molar-refractivity contribution in [1.82, 2.24) is 0 Å². The predicted octanol–water partition coefficient (Wildman–Crippen LogP) is -2.02. The van der Waals surface area contributed by atoms with Crippen molar-refractivity contribution in [1.29, 1.82) is 0 Å². The third kappa shape index (κ3) is 5.44. The van der Waals surface area contributed by atoms with Gasteiger partial charge in [-0.2, -0.15) is 0 Å². The van der Waals surface area contributed by atoms with Gasteiger partial charge in [-0.1, -0.05) is 0 Å². The molecule has 0 aromatic rings. The van der Waals surface area contributed by atoms with Crippen LogP contribution in [-0.4, -0.2) is 78.6 Å². The Morgan fingerprint density at radius 3 is 2.24 bits per heavy atom. The maximum atomic E-state index is 12.0. The summed E-state index contributed by atoms with van der Waals surface area (Å²) >= 11 is 0. The lowest BCUT2D eigenvalue weighted by Crippen LogP contribution is -2.59. The molecule has 1 saturated heterocycles. The first-order valence-electron chi connectivity index (χ1n) is 6.68. The lowest BCUT2D eigenvalue weighted by Gasteiger charge is -2.39. The van der Waals surface area contributed by atoms with Gasteiger partial charge in [0.25, 0.3) is 0 Å². The molecule has 9 heteroatoms. The average molecular weight is 327 g/mol. The first-order valence-corrected chi connectivity index (χ1v) is 8.51. The van der Waals surface area contributed by atoms with Gasteiger partial charge in [0.1, 0.15) is 24.4 Å². The number of hydrogen-bond donors (Lipinski definition) is 4. The van der Waals surface area contributed by atoms with E-state index < -0.39 is 51.8 Å². The zero-order chi connectivity index (χ0) is 16.4. The number of hydrogen-bond acceptors (Lipinski definition) is 8. The van der Waals surface area contributed by atoms with E-state index in [0.29, 0.717) is 0 Å². The molecular weight excluding hydrogens is 302 g/mol. The quantitative estimate of drug-likeness (QED) is 0.438. The van der Waals surface area contributed by atoms with E-state index in [1.54, 1.807) is 13.8 Å². The highest BCUT2D eigenvalue weighted by molar-refractivity contribution is 7.91. The third-order valence-corrected chi connectivity index (χ3v) is 5.04. The molecule has 0 saturated carbocycles. The van der Waals surface area contributed by atoms with Gasteiger partial charge in [0.05, 0.1) is 11.5 Å². The normalized spacial score (nSPS) is 34.9. The molecule has 0 bridgehead atoms. The largest absolute Gasteiger partial charge is 0.388 e. The van der Waals surface area contributed by atoms with Gasteiger partial charge in [0, 0.05) is 12.6 Å². The number of rotatable bonds is 6. The Morgan fingerprint density at radius 2 is 1.76 bits per heavy atom. The van der Waals surface area contributed by atoms with E-state index in [1.807, 2.05) is 0 Å². The zero-order valence-corrected chi connectivity index (χ0v) is 13.3. The molecule has 0 amide bonds. The molecule has 5 atom stereocenters. The van der Waals surface area contributed by atoms with Crippen LogP contribution in [0, 0.1) is 0 Å². The van der Waals surface area contributed by atoms with Crippen LogP contribution in [0.15, 0.2) is 0 Å². The monoisotopic (exact) mass is 327 g/mol. The Kier molecular flexibility index (Phi) is 6.13. The minimum absolute atomic E-state index is 0.153. The van der Waals surface area contributed by atoms with Gasteiger partial charge in [-0.15, -0.1) is 0 Å². The summed E-state index contributed by atoms with van der Waals surface area (Å²) in [5, 5.41) is 29.1. The standard InChI is InChI=1S/C12H25NO7S/c1-12(2,13)4-5-21(17,18)6-7-8(14)9(15)10(16)11(19-3)20-7/h7-11,14-16H,4-6,13H2,1-3H3/t7-,8-,9+,10-,11+/m1/s1. The van der Waals surface area contributed by atoms with Crippen molar-refractivity contribution in [2.45, 2.75) is 56.5 Å². The summed E-state index contributed by atoms with van der Waals surface area (Å²) in [6, 6.07) is 0. The second kappa shape index (κ2) is 6.86. The summed E-state index contributed by atoms with van der Waals surface area (Å²) in [6.07, 6.45) is -6.57. The summed E-state index contributed by atoms with van der Waals surface area (Å²) in [6.45, 7) is 3.44. The van der Waals surface area contributed by atoms with Gasteiger partial charge in [-0.25, -0.2) is 8.42 Å². The Bertz CT molecular complexity index is 431. The van der Waals surface area contributed by atoms with Crippen molar-refractivity contribution in [3.63, 3.8) is 0 Å². The number of methoxy groups -OCH3 is 1. The van der Waals surface area contributed by atoms with Crippen LogP contribution in [0.5, 0.6) is 0 Å². The number of aliphatic hydroxyl groups excluding tert-OH is 3. The smallest absolute Gasteiger partial charge is 0.186 e. The van der Waals surface area contributed by atoms with Crippen molar-refractivity contribution < 1.29 is 33.2 Å². The predicted molar refractivity (Wildman–Crippen MR) is 75.2 cm³/mol. The van der Waals surface area contributed by atoms with E-state index >= 15 is 0 Å². The molecule has 0 unspecified atom stereocenters. The molecule has 0 aliphatic carbocycles. The Hall–Kier alpha value is -0.290. The molecule has 8 nitrogen and oxygen atoms in total. The average Bonchev–Trinajstić information content (AvgIpc) is 2.36. The Balaban J connectivity index is 2.72. The molecule has 0 spiro atoms. The van der Waals surface area contributed by atoms with E-state index in [-0.39, 0.29) is 12.2 Å². The number of sulfone groups is 1. The highest BCUT2D eigenvalue weighted by atomic mass is 32.2. The van der Waals surface area contributed by atoms with E-state index in [4.69, 9.17) is 15.2 Å². The van der Waals surface area contributed by atoms with Gasteiger partial charge in [-0.3, -0.25) is 0 Å². The van der Waals surface area contributed by atoms with E-state index in [0.717, 1.165) is 0 Å². The van der Waals surface area contributed by atoms with E-state index in [2.05, 4.69) is 0 Å². The second-order valence-electron chi connectivity index (χ2n) is 6.10. The van der Waals surface area contributed by atoms with E-state index in [9.17, 15) is 23.7 Å². The lowest BCUT2D eigenvalue weighted by molar-refractivity contribution is -0.285. The minimum Gasteiger partial charge on any atom is -0.388 e. The number of aliphatic hydroxyl groups is 3. The molecule has 1 rings (SSSR count). The van der Waals surface area contributed by atoms with Gasteiger partial charge in [0.2, 0.25) is 0 Å². The fourth-order valence-electron chi connectivity index (χ4n) is 2.00. The van der Waals surface area contributed by atoms with Gasteiger partial charge < -0.3 is 30.5 Å². The summed E-state index contributed by atoms with van der Waals surface area (Å²) in [5.74, 6) is -0.632. The van der Waals surface area contributed by atoms with Crippen LogP contribution >= 0.6 is 0 Å². The summed E-state index contributed by atoms with van der Waals surface area (Å²) in [7, 11) is -2.28. The molecule has 21 heavy (non-hydrogen) atoms. The van der Waals surface area contributed by atoms with Crippen LogP contribution in [0.1, 0.15) is 20.3 Å². The van der Waals surface area contributed by atoms with Crippen LogP contribution in [0.3, 0.4) is 0 Å². The number of nitrogens with two attached hydrogens (primary N) is 1. The molecule has 1 aliphatic rings. The summed E-state index contributed by atoms with van der Waals surface area (Å²) in [5.41, 5.74) is 5.13. The topological polar surface area (TPSA) is 139 Å². The molecule has 0 radical (unpaired) electrons. The van der Waals surface area contributed by atoms with Crippen LogP contribution in [0.4, 0.5) is 0 Å². The molecule has 5 N–H and O–H groups in total. The molecule has 1 aliphatic heterocycles. The molecule has 1 heterocycles. The van der Waals surface area contributed by atoms with Crippen molar-refractivity contribution in [2.24, 2.45) is 5.73 Å². The van der Waals surface area contributed by atoms with Crippen LogP contribution in [0.2, 0.25) is 0 Å². The van der Waals surface area contributed by atoms with Crippen LogP contribution in [-0.2, 0) is 19.3 Å². The summed E-state index contributed by atoms with van der Waals surface area (Å²) < 4.78 is 34.1. The van der Waals surface area contributed by atoms with Crippen LogP contribution < -0.4 is 5.73 Å². The third-order valence-electron chi connectivity index (χ3n) is 3.38. The van der Waals surface area contributed by atoms with E-state index in [1.165, 1.54) is 7.11 Å². The van der Waals surface area contributed by atoms with Crippen molar-refractivity contribution in [2.75, 3.05) is 18.6 Å². The first-order chi connectivity index (χ1) is 9.47. The first kappa shape index (κ1) is 18.8. The maximum absolute atomic E-state index is 12.0. The van der Waals surface area contributed by atoms with Crippen molar-refractivity contribution in [3.8, 4) is 0 Å². The minimum atomic E-state index is -3.53. The zero-order valence-electron chi connectivity index (χ0n) is 12.5. The lowest BCUT2D eigenvalue weighted by atomic mass is 10.00. The summed E-state index contributed by atoms with van der Waals surface area (Å²) in [4.78, 5) is 0. The highest BCUT2D eigenvalue weighted by Crippen LogP contribution is 2.23.